The Labute approximate surface area is 176 Å². The van der Waals surface area contributed by atoms with Gasteiger partial charge < -0.3 is 10.2 Å². The van der Waals surface area contributed by atoms with E-state index in [4.69, 9.17) is 5.26 Å². The molecule has 2 aromatic carbocycles. The van der Waals surface area contributed by atoms with Crippen LogP contribution >= 0.6 is 0 Å². The SMILES string of the molecule is CNS(=O)(=O)c1cccc(CNC(=O)CCC(=O)N(CCC#N)c2ccccc2)c1. The molecule has 0 heterocycles. The molecule has 0 saturated heterocycles. The molecule has 2 rings (SSSR count). The van der Waals surface area contributed by atoms with E-state index in [2.05, 4.69) is 10.0 Å². The van der Waals surface area contributed by atoms with Crippen LogP contribution in [0.4, 0.5) is 5.69 Å². The van der Waals surface area contributed by atoms with Gasteiger partial charge in [0.25, 0.3) is 0 Å². The highest BCUT2D eigenvalue weighted by Gasteiger charge is 2.17. The Kier molecular flexibility index (Phi) is 8.53. The first-order chi connectivity index (χ1) is 14.4. The van der Waals surface area contributed by atoms with E-state index in [1.165, 1.54) is 24.1 Å². The lowest BCUT2D eigenvalue weighted by Crippen LogP contribution is -2.33. The molecule has 0 atom stereocenters. The minimum Gasteiger partial charge on any atom is -0.352 e. The van der Waals surface area contributed by atoms with Crippen LogP contribution in [0.2, 0.25) is 0 Å². The van der Waals surface area contributed by atoms with Crippen LogP contribution in [0.15, 0.2) is 59.5 Å². The number of hydrogen-bond donors (Lipinski definition) is 2. The molecule has 0 fully saturated rings. The van der Waals surface area contributed by atoms with E-state index in [9.17, 15) is 18.0 Å². The third-order valence-electron chi connectivity index (χ3n) is 4.35. The monoisotopic (exact) mass is 428 g/mol. The summed E-state index contributed by atoms with van der Waals surface area (Å²) in [5, 5.41) is 11.5. The van der Waals surface area contributed by atoms with E-state index in [0.717, 1.165) is 0 Å². The third kappa shape index (κ3) is 6.69. The average molecular weight is 429 g/mol. The van der Waals surface area contributed by atoms with Crippen LogP contribution in [0.3, 0.4) is 0 Å². The van der Waals surface area contributed by atoms with E-state index in [-0.39, 0.29) is 49.1 Å². The van der Waals surface area contributed by atoms with Gasteiger partial charge in [0.15, 0.2) is 0 Å². The van der Waals surface area contributed by atoms with Crippen LogP contribution in [0.1, 0.15) is 24.8 Å². The first-order valence-corrected chi connectivity index (χ1v) is 10.9. The van der Waals surface area contributed by atoms with Crippen LogP contribution in [-0.4, -0.2) is 33.8 Å². The molecule has 0 unspecified atom stereocenters. The van der Waals surface area contributed by atoms with Gasteiger partial charge in [-0.1, -0.05) is 30.3 Å². The molecule has 2 aromatic rings. The van der Waals surface area contributed by atoms with Crippen molar-refractivity contribution < 1.29 is 18.0 Å². The third-order valence-corrected chi connectivity index (χ3v) is 5.76. The predicted molar refractivity (Wildman–Crippen MR) is 113 cm³/mol. The smallest absolute Gasteiger partial charge is 0.240 e. The van der Waals surface area contributed by atoms with E-state index < -0.39 is 10.0 Å². The number of hydrogen-bond acceptors (Lipinski definition) is 5. The highest BCUT2D eigenvalue weighted by molar-refractivity contribution is 7.89. The van der Waals surface area contributed by atoms with Gasteiger partial charge in [-0.25, -0.2) is 13.1 Å². The van der Waals surface area contributed by atoms with Crippen molar-refractivity contribution in [1.82, 2.24) is 10.0 Å². The van der Waals surface area contributed by atoms with Crippen molar-refractivity contribution in [3.63, 3.8) is 0 Å². The molecule has 158 valence electrons. The minimum atomic E-state index is -3.56. The fourth-order valence-electron chi connectivity index (χ4n) is 2.75. The summed E-state index contributed by atoms with van der Waals surface area (Å²) in [5.74, 6) is -0.563. The van der Waals surface area contributed by atoms with Crippen molar-refractivity contribution in [2.24, 2.45) is 0 Å². The first kappa shape index (κ1) is 23.1. The van der Waals surface area contributed by atoms with Gasteiger partial charge in [-0.2, -0.15) is 5.26 Å². The van der Waals surface area contributed by atoms with Crippen LogP contribution < -0.4 is 14.9 Å². The van der Waals surface area contributed by atoms with E-state index in [0.29, 0.717) is 11.3 Å². The van der Waals surface area contributed by atoms with Gasteiger partial charge in [-0.05, 0) is 36.9 Å². The summed E-state index contributed by atoms with van der Waals surface area (Å²) in [6.07, 6.45) is 0.183. The van der Waals surface area contributed by atoms with Crippen molar-refractivity contribution >= 4 is 27.5 Å². The van der Waals surface area contributed by atoms with Gasteiger partial charge in [0, 0.05) is 31.6 Å². The van der Waals surface area contributed by atoms with Gasteiger partial charge in [0.05, 0.1) is 17.4 Å². The Bertz CT molecular complexity index is 1020. The fraction of sp³-hybridized carbons (Fsp3) is 0.286. The molecule has 2 N–H and O–H groups in total. The summed E-state index contributed by atoms with van der Waals surface area (Å²) >= 11 is 0. The second-order valence-electron chi connectivity index (χ2n) is 6.42. The molecule has 2 amide bonds. The van der Waals surface area contributed by atoms with Crippen molar-refractivity contribution in [2.75, 3.05) is 18.5 Å². The maximum absolute atomic E-state index is 12.6. The lowest BCUT2D eigenvalue weighted by molar-refractivity contribution is -0.125. The van der Waals surface area contributed by atoms with E-state index >= 15 is 0 Å². The molecule has 0 spiro atoms. The number of rotatable bonds is 10. The number of amides is 2. The summed E-state index contributed by atoms with van der Waals surface area (Å²) < 4.78 is 26.0. The van der Waals surface area contributed by atoms with Gasteiger partial charge in [0.1, 0.15) is 0 Å². The number of carbonyl (C=O) groups is 2. The molecular formula is C21H24N4O4S. The summed E-state index contributed by atoms with van der Waals surface area (Å²) in [6.45, 7) is 0.407. The molecule has 8 nitrogen and oxygen atoms in total. The minimum absolute atomic E-state index is 0.000327. The van der Waals surface area contributed by atoms with Crippen molar-refractivity contribution in [3.05, 3.63) is 60.2 Å². The summed E-state index contributed by atoms with van der Waals surface area (Å²) in [7, 11) is -2.23. The summed E-state index contributed by atoms with van der Waals surface area (Å²) in [6, 6.07) is 17.3. The second kappa shape index (κ2) is 11.1. The normalized spacial score (nSPS) is 10.8. The van der Waals surface area contributed by atoms with Gasteiger partial charge >= 0.3 is 0 Å². The standard InChI is InChI=1S/C21H24N4O4S/c1-23-30(28,29)19-10-5-7-17(15-19)16-24-20(26)11-12-21(27)25(14-6-13-22)18-8-3-2-4-9-18/h2-5,7-10,15,23H,6,11-12,14,16H2,1H3,(H,24,26). The predicted octanol–water partition coefficient (Wildman–Crippen LogP) is 1.94. The zero-order chi connectivity index (χ0) is 22.0. The number of anilines is 1. The van der Waals surface area contributed by atoms with Gasteiger partial charge in [-0.3, -0.25) is 9.59 Å². The molecule has 0 aliphatic rings. The quantitative estimate of drug-likeness (QED) is 0.599. The second-order valence-corrected chi connectivity index (χ2v) is 8.31. The topological polar surface area (TPSA) is 119 Å². The van der Waals surface area contributed by atoms with E-state index in [1.54, 1.807) is 36.4 Å². The molecular weight excluding hydrogens is 404 g/mol. The number of nitriles is 1. The van der Waals surface area contributed by atoms with Crippen molar-refractivity contribution in [2.45, 2.75) is 30.7 Å². The van der Waals surface area contributed by atoms with Crippen LogP contribution in [0.25, 0.3) is 0 Å². The number of para-hydroxylation sites is 1. The average Bonchev–Trinajstić information content (AvgIpc) is 2.77. The lowest BCUT2D eigenvalue weighted by atomic mass is 10.2. The van der Waals surface area contributed by atoms with Crippen molar-refractivity contribution in [1.29, 1.82) is 5.26 Å². The molecule has 0 aromatic heterocycles. The Hall–Kier alpha value is -3.22. The first-order valence-electron chi connectivity index (χ1n) is 9.39. The molecule has 0 aliphatic carbocycles. The molecule has 9 heteroatoms. The van der Waals surface area contributed by atoms with Crippen LogP contribution in [0, 0.1) is 11.3 Å². The zero-order valence-corrected chi connectivity index (χ0v) is 17.5. The Morgan fingerprint density at radius 3 is 2.47 bits per heavy atom. The molecule has 0 saturated carbocycles. The number of nitrogens with zero attached hydrogens (tertiary/aromatic N) is 2. The molecule has 0 bridgehead atoms. The Morgan fingerprint density at radius 2 is 1.80 bits per heavy atom. The van der Waals surface area contributed by atoms with Crippen LogP contribution in [0.5, 0.6) is 0 Å². The fourth-order valence-corrected chi connectivity index (χ4v) is 3.55. The highest BCUT2D eigenvalue weighted by atomic mass is 32.2. The number of benzene rings is 2. The maximum atomic E-state index is 12.6. The number of carbonyl (C=O) groups excluding carboxylic acids is 2. The van der Waals surface area contributed by atoms with E-state index in [1.807, 2.05) is 12.1 Å². The Morgan fingerprint density at radius 1 is 1.07 bits per heavy atom. The number of nitrogens with one attached hydrogen (secondary N) is 2. The summed E-state index contributed by atoms with van der Waals surface area (Å²) in [4.78, 5) is 26.4. The van der Waals surface area contributed by atoms with Crippen molar-refractivity contribution in [3.8, 4) is 6.07 Å². The van der Waals surface area contributed by atoms with Gasteiger partial charge in [0.2, 0.25) is 21.8 Å². The highest BCUT2D eigenvalue weighted by Crippen LogP contribution is 2.16. The lowest BCUT2D eigenvalue weighted by Gasteiger charge is -2.21. The zero-order valence-electron chi connectivity index (χ0n) is 16.7. The van der Waals surface area contributed by atoms with Gasteiger partial charge in [-0.15, -0.1) is 0 Å². The Balaban J connectivity index is 1.91. The van der Waals surface area contributed by atoms with Crippen LogP contribution in [-0.2, 0) is 26.2 Å². The molecule has 0 aliphatic heterocycles. The summed E-state index contributed by atoms with van der Waals surface area (Å²) in [5.41, 5.74) is 1.31. The molecule has 30 heavy (non-hydrogen) atoms. The maximum Gasteiger partial charge on any atom is 0.240 e. The molecule has 0 radical (unpaired) electrons. The number of sulfonamides is 1. The largest absolute Gasteiger partial charge is 0.352 e.